The molecule has 0 spiro atoms. The molecule has 1 N–H and O–H groups in total. The van der Waals surface area contributed by atoms with Crippen molar-refractivity contribution in [3.63, 3.8) is 0 Å². The fraction of sp³-hybridized carbons (Fsp3) is 0.538. The summed E-state index contributed by atoms with van der Waals surface area (Å²) < 4.78 is 6.04. The summed E-state index contributed by atoms with van der Waals surface area (Å²) in [6.45, 7) is 4.32. The molecule has 2 rings (SSSR count). The van der Waals surface area contributed by atoms with Gasteiger partial charge in [0.2, 0.25) is 0 Å². The Morgan fingerprint density at radius 2 is 1.81 bits per heavy atom. The summed E-state index contributed by atoms with van der Waals surface area (Å²) in [5.41, 5.74) is 1.27. The molecule has 0 amide bonds. The maximum atomic E-state index is 6.04. The number of rotatable bonds is 3. The zero-order valence-corrected chi connectivity index (χ0v) is 10.5. The predicted octanol–water partition coefficient (Wildman–Crippen LogP) is 2.94. The Kier molecular flexibility index (Phi) is 5.81. The number of benzene rings is 1. The Morgan fingerprint density at radius 3 is 2.44 bits per heavy atom. The number of hydrogen-bond acceptors (Lipinski definition) is 2. The first-order valence-corrected chi connectivity index (χ1v) is 5.77. The Balaban J connectivity index is 0.00000128. The molecule has 2 nitrogen and oxygen atoms in total. The van der Waals surface area contributed by atoms with Crippen LogP contribution < -0.4 is 5.32 Å². The average Bonchev–Trinajstić information content (AvgIpc) is 2.31. The molecule has 1 aromatic rings. The van der Waals surface area contributed by atoms with E-state index in [1.54, 1.807) is 0 Å². The third kappa shape index (κ3) is 3.78. The lowest BCUT2D eigenvalue weighted by molar-refractivity contribution is -0.0186. The molecular formula is C13H20ClNO. The maximum Gasteiger partial charge on any atom is 0.0800 e. The molecule has 1 aliphatic heterocycles. The summed E-state index contributed by atoms with van der Waals surface area (Å²) in [7, 11) is 0. The van der Waals surface area contributed by atoms with Crippen LogP contribution in [0.5, 0.6) is 0 Å². The van der Waals surface area contributed by atoms with Crippen molar-refractivity contribution in [1.29, 1.82) is 0 Å². The summed E-state index contributed by atoms with van der Waals surface area (Å²) in [5, 5.41) is 3.35. The lowest BCUT2D eigenvalue weighted by atomic mass is 10.1. The second-order valence-electron chi connectivity index (χ2n) is 4.14. The number of piperidine rings is 1. The highest BCUT2D eigenvalue weighted by atomic mass is 35.5. The van der Waals surface area contributed by atoms with Gasteiger partial charge in [0.1, 0.15) is 0 Å². The van der Waals surface area contributed by atoms with Crippen LogP contribution in [-0.2, 0) is 4.74 Å². The smallest absolute Gasteiger partial charge is 0.0800 e. The second kappa shape index (κ2) is 6.89. The normalized spacial score (nSPS) is 18.8. The van der Waals surface area contributed by atoms with Crippen LogP contribution in [0.3, 0.4) is 0 Å². The molecule has 0 bridgehead atoms. The van der Waals surface area contributed by atoms with Crippen molar-refractivity contribution in [2.75, 3.05) is 13.1 Å². The highest BCUT2D eigenvalue weighted by molar-refractivity contribution is 5.85. The fourth-order valence-corrected chi connectivity index (χ4v) is 2.02. The van der Waals surface area contributed by atoms with Crippen molar-refractivity contribution in [2.45, 2.75) is 32.0 Å². The van der Waals surface area contributed by atoms with E-state index in [4.69, 9.17) is 4.74 Å². The van der Waals surface area contributed by atoms with Gasteiger partial charge < -0.3 is 10.1 Å². The molecule has 1 atom stereocenters. The SMILES string of the molecule is CC(OC1CCNCC1)c1ccccc1.Cl. The van der Waals surface area contributed by atoms with Gasteiger partial charge in [-0.25, -0.2) is 0 Å². The zero-order chi connectivity index (χ0) is 10.5. The summed E-state index contributed by atoms with van der Waals surface area (Å²) in [4.78, 5) is 0. The number of halogens is 1. The van der Waals surface area contributed by atoms with Crippen LogP contribution >= 0.6 is 12.4 Å². The van der Waals surface area contributed by atoms with E-state index in [-0.39, 0.29) is 18.5 Å². The molecule has 16 heavy (non-hydrogen) atoms. The minimum atomic E-state index is 0. The van der Waals surface area contributed by atoms with Crippen LogP contribution in [-0.4, -0.2) is 19.2 Å². The lowest BCUT2D eigenvalue weighted by Crippen LogP contribution is -2.32. The summed E-state index contributed by atoms with van der Waals surface area (Å²) in [6.07, 6.45) is 2.92. The van der Waals surface area contributed by atoms with Gasteiger partial charge in [-0.1, -0.05) is 30.3 Å². The van der Waals surface area contributed by atoms with E-state index in [0.29, 0.717) is 6.10 Å². The van der Waals surface area contributed by atoms with Crippen molar-refractivity contribution < 1.29 is 4.74 Å². The molecular weight excluding hydrogens is 222 g/mol. The molecule has 1 saturated heterocycles. The molecule has 3 heteroatoms. The van der Waals surface area contributed by atoms with Crippen LogP contribution in [0, 0.1) is 0 Å². The van der Waals surface area contributed by atoms with Gasteiger partial charge in [-0.3, -0.25) is 0 Å². The topological polar surface area (TPSA) is 21.3 Å². The molecule has 0 saturated carbocycles. The van der Waals surface area contributed by atoms with Crippen LogP contribution in [0.4, 0.5) is 0 Å². The van der Waals surface area contributed by atoms with Crippen molar-refractivity contribution in [1.82, 2.24) is 5.32 Å². The first-order chi connectivity index (χ1) is 7.36. The van der Waals surface area contributed by atoms with Gasteiger partial charge in [-0.2, -0.15) is 0 Å². The lowest BCUT2D eigenvalue weighted by Gasteiger charge is -2.26. The third-order valence-electron chi connectivity index (χ3n) is 2.95. The first kappa shape index (κ1) is 13.5. The quantitative estimate of drug-likeness (QED) is 0.879. The van der Waals surface area contributed by atoms with Gasteiger partial charge in [0.15, 0.2) is 0 Å². The Labute approximate surface area is 104 Å². The van der Waals surface area contributed by atoms with Gasteiger partial charge in [0.25, 0.3) is 0 Å². The van der Waals surface area contributed by atoms with Gasteiger partial charge >= 0.3 is 0 Å². The minimum absolute atomic E-state index is 0. The standard InChI is InChI=1S/C13H19NO.ClH/c1-11(12-5-3-2-4-6-12)15-13-7-9-14-10-8-13;/h2-6,11,13-14H,7-10H2,1H3;1H. The average molecular weight is 242 g/mol. The highest BCUT2D eigenvalue weighted by Crippen LogP contribution is 2.21. The third-order valence-corrected chi connectivity index (χ3v) is 2.95. The van der Waals surface area contributed by atoms with Crippen LogP contribution in [0.2, 0.25) is 0 Å². The van der Waals surface area contributed by atoms with E-state index >= 15 is 0 Å². The number of ether oxygens (including phenoxy) is 1. The van der Waals surface area contributed by atoms with Crippen molar-refractivity contribution in [2.24, 2.45) is 0 Å². The molecule has 1 unspecified atom stereocenters. The van der Waals surface area contributed by atoms with Gasteiger partial charge in [0, 0.05) is 0 Å². The summed E-state index contributed by atoms with van der Waals surface area (Å²) in [5.74, 6) is 0. The Bertz CT molecular complexity index is 285. The Morgan fingerprint density at radius 1 is 1.19 bits per heavy atom. The van der Waals surface area contributed by atoms with Crippen LogP contribution in [0.1, 0.15) is 31.4 Å². The zero-order valence-electron chi connectivity index (χ0n) is 9.69. The van der Waals surface area contributed by atoms with E-state index in [0.717, 1.165) is 25.9 Å². The Hall–Kier alpha value is -0.570. The molecule has 1 aliphatic rings. The summed E-state index contributed by atoms with van der Waals surface area (Å²) in [6, 6.07) is 10.4. The van der Waals surface area contributed by atoms with E-state index in [1.165, 1.54) is 5.56 Å². The predicted molar refractivity (Wildman–Crippen MR) is 69.1 cm³/mol. The molecule has 1 aromatic carbocycles. The molecule has 0 aromatic heterocycles. The number of hydrogen-bond donors (Lipinski definition) is 1. The van der Waals surface area contributed by atoms with Crippen molar-refractivity contribution in [3.8, 4) is 0 Å². The van der Waals surface area contributed by atoms with Crippen molar-refractivity contribution in [3.05, 3.63) is 35.9 Å². The first-order valence-electron chi connectivity index (χ1n) is 5.77. The molecule has 1 fully saturated rings. The molecule has 90 valence electrons. The number of nitrogens with one attached hydrogen (secondary N) is 1. The monoisotopic (exact) mass is 241 g/mol. The van der Waals surface area contributed by atoms with E-state index in [2.05, 4.69) is 36.5 Å². The van der Waals surface area contributed by atoms with Gasteiger partial charge in [0.05, 0.1) is 12.2 Å². The summed E-state index contributed by atoms with van der Waals surface area (Å²) >= 11 is 0. The highest BCUT2D eigenvalue weighted by Gasteiger charge is 2.16. The van der Waals surface area contributed by atoms with E-state index < -0.39 is 0 Å². The molecule has 1 heterocycles. The van der Waals surface area contributed by atoms with Crippen molar-refractivity contribution >= 4 is 12.4 Å². The molecule has 0 aliphatic carbocycles. The minimum Gasteiger partial charge on any atom is -0.370 e. The van der Waals surface area contributed by atoms with E-state index in [1.807, 2.05) is 6.07 Å². The largest absolute Gasteiger partial charge is 0.370 e. The maximum absolute atomic E-state index is 6.04. The van der Waals surface area contributed by atoms with Crippen LogP contribution in [0.15, 0.2) is 30.3 Å². The van der Waals surface area contributed by atoms with E-state index in [9.17, 15) is 0 Å². The van der Waals surface area contributed by atoms with Gasteiger partial charge in [-0.05, 0) is 38.4 Å². The van der Waals surface area contributed by atoms with Gasteiger partial charge in [-0.15, -0.1) is 12.4 Å². The molecule has 0 radical (unpaired) electrons. The second-order valence-corrected chi connectivity index (χ2v) is 4.14. The van der Waals surface area contributed by atoms with Crippen LogP contribution in [0.25, 0.3) is 0 Å². The fourth-order valence-electron chi connectivity index (χ4n) is 2.02.